The number of rotatable bonds is 20. The molecule has 0 aromatic heterocycles. The number of hydrogen-bond acceptors (Lipinski definition) is 2. The van der Waals surface area contributed by atoms with Crippen LogP contribution in [0.4, 0.5) is 0 Å². The van der Waals surface area contributed by atoms with Gasteiger partial charge in [0, 0.05) is 13.3 Å². The monoisotopic (exact) mass is 407 g/mol. The van der Waals surface area contributed by atoms with Gasteiger partial charge in [-0.05, 0) is 26.2 Å². The van der Waals surface area contributed by atoms with Crippen molar-refractivity contribution >= 4 is 0 Å². The van der Waals surface area contributed by atoms with E-state index in [9.17, 15) is 5.11 Å². The van der Waals surface area contributed by atoms with Crippen LogP contribution in [0.1, 0.15) is 123 Å². The summed E-state index contributed by atoms with van der Waals surface area (Å²) >= 11 is 0. The highest BCUT2D eigenvalue weighted by molar-refractivity contribution is 4.84. The number of unbranched alkanes of at least 4 members (excludes halogenated alkanes) is 15. The Morgan fingerprint density at radius 1 is 0.862 bits per heavy atom. The summed E-state index contributed by atoms with van der Waals surface area (Å²) in [7, 11) is 0. The van der Waals surface area contributed by atoms with Crippen molar-refractivity contribution in [2.75, 3.05) is 6.54 Å². The number of quaternary nitrogens is 1. The van der Waals surface area contributed by atoms with Crippen LogP contribution in [0.15, 0.2) is 25.1 Å². The maximum Gasteiger partial charge on any atom is 0.193 e. The summed E-state index contributed by atoms with van der Waals surface area (Å²) in [6.45, 7) is 8.81. The van der Waals surface area contributed by atoms with Crippen molar-refractivity contribution in [3.8, 4) is 0 Å². The molecule has 3 unspecified atom stereocenters. The van der Waals surface area contributed by atoms with Crippen molar-refractivity contribution in [3.63, 3.8) is 0 Å². The average Bonchev–Trinajstić information content (AvgIpc) is 3.14. The quantitative estimate of drug-likeness (QED) is 0.125. The summed E-state index contributed by atoms with van der Waals surface area (Å²) in [4.78, 5) is 0. The maximum absolute atomic E-state index is 10.2. The van der Waals surface area contributed by atoms with Crippen LogP contribution in [0.25, 0.3) is 0 Å². The van der Waals surface area contributed by atoms with Crippen LogP contribution < -0.4 is 5.32 Å². The van der Waals surface area contributed by atoms with E-state index in [1.54, 1.807) is 0 Å². The molecule has 0 bridgehead atoms. The molecule has 2 N–H and O–H groups in total. The Balaban J connectivity index is 1.84. The zero-order valence-electron chi connectivity index (χ0n) is 19.7. The second-order valence-electron chi connectivity index (χ2n) is 9.11. The molecule has 170 valence electrons. The van der Waals surface area contributed by atoms with E-state index in [0.717, 1.165) is 13.0 Å². The van der Waals surface area contributed by atoms with E-state index in [-0.39, 0.29) is 6.23 Å². The molecule has 1 heterocycles. The van der Waals surface area contributed by atoms with Crippen LogP contribution >= 0.6 is 0 Å². The molecule has 0 amide bonds. The summed E-state index contributed by atoms with van der Waals surface area (Å²) in [6, 6.07) is 0. The van der Waals surface area contributed by atoms with Crippen molar-refractivity contribution < 1.29 is 9.59 Å². The SMILES string of the molecule is C=CCCCCCCCCCCCCCCCCCC1NC=C[N+]1(CC)C(C)O. The second-order valence-corrected chi connectivity index (χ2v) is 9.11. The van der Waals surface area contributed by atoms with Gasteiger partial charge in [-0.25, -0.2) is 0 Å². The Morgan fingerprint density at radius 2 is 1.31 bits per heavy atom. The van der Waals surface area contributed by atoms with E-state index < -0.39 is 0 Å². The Bertz CT molecular complexity index is 421. The number of nitrogens with zero attached hydrogens (tertiary/aromatic N) is 1. The van der Waals surface area contributed by atoms with Gasteiger partial charge in [0.15, 0.2) is 12.4 Å². The molecule has 0 radical (unpaired) electrons. The van der Waals surface area contributed by atoms with E-state index >= 15 is 0 Å². The Kier molecular flexibility index (Phi) is 15.3. The van der Waals surface area contributed by atoms with Crippen molar-refractivity contribution in [2.45, 2.75) is 135 Å². The lowest BCUT2D eigenvalue weighted by Crippen LogP contribution is -2.57. The van der Waals surface area contributed by atoms with Crippen molar-refractivity contribution in [1.29, 1.82) is 0 Å². The van der Waals surface area contributed by atoms with Crippen LogP contribution in [0, 0.1) is 0 Å². The summed E-state index contributed by atoms with van der Waals surface area (Å²) < 4.78 is 0.676. The largest absolute Gasteiger partial charge is 0.345 e. The average molecular weight is 408 g/mol. The molecule has 3 atom stereocenters. The molecule has 0 saturated carbocycles. The Hall–Kier alpha value is -0.800. The van der Waals surface area contributed by atoms with E-state index in [2.05, 4.69) is 25.0 Å². The van der Waals surface area contributed by atoms with E-state index in [4.69, 9.17) is 0 Å². The second kappa shape index (κ2) is 16.9. The van der Waals surface area contributed by atoms with Gasteiger partial charge in [0.05, 0.1) is 12.7 Å². The van der Waals surface area contributed by atoms with Gasteiger partial charge in [-0.1, -0.05) is 89.5 Å². The highest BCUT2D eigenvalue weighted by Crippen LogP contribution is 2.26. The molecule has 0 fully saturated rings. The molecule has 1 rings (SSSR count). The molecule has 3 nitrogen and oxygen atoms in total. The predicted molar refractivity (Wildman–Crippen MR) is 127 cm³/mol. The molecule has 1 aliphatic rings. The molecule has 29 heavy (non-hydrogen) atoms. The fourth-order valence-electron chi connectivity index (χ4n) is 4.76. The van der Waals surface area contributed by atoms with Crippen LogP contribution in [0.2, 0.25) is 0 Å². The van der Waals surface area contributed by atoms with Crippen molar-refractivity contribution in [3.05, 3.63) is 25.1 Å². The highest BCUT2D eigenvalue weighted by Gasteiger charge is 2.40. The summed E-state index contributed by atoms with van der Waals surface area (Å²) in [5.74, 6) is 0. The molecule has 0 aromatic rings. The summed E-state index contributed by atoms with van der Waals surface area (Å²) in [5, 5.41) is 13.7. The van der Waals surface area contributed by atoms with Crippen LogP contribution in [-0.4, -0.2) is 28.5 Å². The molecule has 0 aliphatic carbocycles. The Morgan fingerprint density at radius 3 is 1.72 bits per heavy atom. The van der Waals surface area contributed by atoms with E-state index in [1.165, 1.54) is 103 Å². The van der Waals surface area contributed by atoms with E-state index in [1.807, 2.05) is 19.2 Å². The zero-order chi connectivity index (χ0) is 21.2. The van der Waals surface area contributed by atoms with Gasteiger partial charge >= 0.3 is 0 Å². The smallest absolute Gasteiger partial charge is 0.193 e. The van der Waals surface area contributed by atoms with Crippen LogP contribution in [0.3, 0.4) is 0 Å². The van der Waals surface area contributed by atoms with Gasteiger partial charge in [0.25, 0.3) is 0 Å². The fraction of sp³-hybridized carbons (Fsp3) is 0.846. The zero-order valence-corrected chi connectivity index (χ0v) is 19.7. The van der Waals surface area contributed by atoms with Crippen LogP contribution in [-0.2, 0) is 0 Å². The number of aliphatic hydroxyl groups excluding tert-OH is 1. The highest BCUT2D eigenvalue weighted by atomic mass is 16.3. The molecule has 0 aromatic carbocycles. The standard InChI is InChI=1S/C26H51N2O/c1-4-6-7-8-9-10-11-12-13-14-15-16-17-18-19-20-21-22-26-27-23-24-28(26,5-2)25(3)29/h4,23-27,29H,1,5-22H2,2-3H3/q+1. The predicted octanol–water partition coefficient (Wildman–Crippen LogP) is 7.38. The Labute approximate surface area is 182 Å². The molecule has 0 saturated heterocycles. The van der Waals surface area contributed by atoms with Gasteiger partial charge in [-0.2, -0.15) is 0 Å². The van der Waals surface area contributed by atoms with Gasteiger partial charge in [-0.3, -0.25) is 4.48 Å². The first-order chi connectivity index (χ1) is 14.2. The summed E-state index contributed by atoms with van der Waals surface area (Å²) in [6.07, 6.45) is 29.5. The van der Waals surface area contributed by atoms with Crippen molar-refractivity contribution in [1.82, 2.24) is 5.32 Å². The lowest BCUT2D eigenvalue weighted by Gasteiger charge is -2.39. The normalized spacial score (nSPS) is 22.0. The first kappa shape index (κ1) is 26.2. The lowest BCUT2D eigenvalue weighted by molar-refractivity contribution is -0.942. The summed E-state index contributed by atoms with van der Waals surface area (Å²) in [5.41, 5.74) is 0. The number of aliphatic hydroxyl groups is 1. The first-order valence-electron chi connectivity index (χ1n) is 12.8. The van der Waals surface area contributed by atoms with E-state index in [0.29, 0.717) is 10.6 Å². The molecule has 3 heteroatoms. The van der Waals surface area contributed by atoms with Gasteiger partial charge in [-0.15, -0.1) is 6.58 Å². The fourth-order valence-corrected chi connectivity index (χ4v) is 4.76. The topological polar surface area (TPSA) is 32.3 Å². The third-order valence-corrected chi connectivity index (χ3v) is 6.85. The van der Waals surface area contributed by atoms with Crippen LogP contribution in [0.5, 0.6) is 0 Å². The minimum atomic E-state index is -0.335. The van der Waals surface area contributed by atoms with Gasteiger partial charge in [0.2, 0.25) is 0 Å². The lowest BCUT2D eigenvalue weighted by atomic mass is 10.0. The third-order valence-electron chi connectivity index (χ3n) is 6.85. The van der Waals surface area contributed by atoms with Gasteiger partial charge in [0.1, 0.15) is 6.20 Å². The van der Waals surface area contributed by atoms with Crippen molar-refractivity contribution in [2.24, 2.45) is 0 Å². The number of allylic oxidation sites excluding steroid dienone is 1. The first-order valence-corrected chi connectivity index (χ1v) is 12.8. The maximum atomic E-state index is 10.2. The third kappa shape index (κ3) is 10.7. The molecular formula is C26H51N2O+. The minimum Gasteiger partial charge on any atom is -0.345 e. The van der Waals surface area contributed by atoms with Gasteiger partial charge < -0.3 is 10.4 Å². The number of nitrogens with one attached hydrogen (secondary N) is 1. The minimum absolute atomic E-state index is 0.335. The molecule has 1 aliphatic heterocycles. The number of hydrogen-bond donors (Lipinski definition) is 2. The molecular weight excluding hydrogens is 356 g/mol. The molecule has 0 spiro atoms.